The van der Waals surface area contributed by atoms with Crippen molar-refractivity contribution in [3.8, 4) is 17.2 Å². The molecular formula is C25H25ClN4O6S. The van der Waals surface area contributed by atoms with Crippen molar-refractivity contribution in [2.75, 3.05) is 44.4 Å². The zero-order valence-corrected chi connectivity index (χ0v) is 21.9. The van der Waals surface area contributed by atoms with E-state index in [4.69, 9.17) is 36.7 Å². The zero-order chi connectivity index (χ0) is 26.6. The molecule has 5 N–H and O–H groups in total. The number of methoxy groups -OCH3 is 3. The van der Waals surface area contributed by atoms with Gasteiger partial charge in [0.05, 0.1) is 37.4 Å². The first-order chi connectivity index (χ1) is 17.6. The molecule has 2 heterocycles. The first-order valence-corrected chi connectivity index (χ1v) is 13.3. The predicted octanol–water partition coefficient (Wildman–Crippen LogP) is 3.56. The number of fused-ring (bicyclic) bond motifs is 4. The van der Waals surface area contributed by atoms with E-state index in [-0.39, 0.29) is 22.6 Å². The van der Waals surface area contributed by atoms with Crippen LogP contribution in [0.3, 0.4) is 0 Å². The van der Waals surface area contributed by atoms with Crippen LogP contribution < -0.4 is 30.0 Å². The van der Waals surface area contributed by atoms with Gasteiger partial charge in [0.25, 0.3) is 5.91 Å². The largest absolute Gasteiger partial charge is 0.493 e. The number of benzene rings is 3. The minimum Gasteiger partial charge on any atom is -0.493 e. The van der Waals surface area contributed by atoms with E-state index >= 15 is 0 Å². The van der Waals surface area contributed by atoms with Gasteiger partial charge in [-0.25, -0.2) is 13.6 Å². The number of alkyl halides is 1. The van der Waals surface area contributed by atoms with Gasteiger partial charge in [0.15, 0.2) is 11.5 Å². The van der Waals surface area contributed by atoms with Crippen molar-refractivity contribution in [2.24, 2.45) is 5.14 Å². The molecule has 1 aliphatic heterocycles. The molecule has 0 fully saturated rings. The quantitative estimate of drug-likeness (QED) is 0.248. The van der Waals surface area contributed by atoms with Crippen LogP contribution in [0.15, 0.2) is 41.3 Å². The standard InChI is InChI=1S/C25H25ClN4O6S/c1-34-20-7-12-6-18(29-22(12)24(36-3)23(20)35-2)25(31)30-11-13(10-26)21-15-5-4-14(37(28,32)33)8-16(15)17(27)9-19(21)30/h4-9,13,29H,10-11,27H2,1-3H3,(H2,28,32,33). The number of amides is 1. The van der Waals surface area contributed by atoms with Crippen LogP contribution in [0.2, 0.25) is 0 Å². The van der Waals surface area contributed by atoms with Crippen molar-refractivity contribution in [3.05, 3.63) is 47.7 Å². The van der Waals surface area contributed by atoms with Crippen LogP contribution in [0.4, 0.5) is 11.4 Å². The normalized spacial score (nSPS) is 15.3. The molecule has 0 saturated heterocycles. The fraction of sp³-hybridized carbons (Fsp3) is 0.240. The molecule has 3 aromatic carbocycles. The number of primary sulfonamides is 1. The molecule has 1 unspecified atom stereocenters. The van der Waals surface area contributed by atoms with E-state index in [1.54, 1.807) is 29.2 Å². The van der Waals surface area contributed by atoms with Crippen LogP contribution in [-0.2, 0) is 10.0 Å². The first kappa shape index (κ1) is 25.0. The average Bonchev–Trinajstić information content (AvgIpc) is 3.47. The van der Waals surface area contributed by atoms with Gasteiger partial charge in [0.2, 0.25) is 15.8 Å². The van der Waals surface area contributed by atoms with Crippen LogP contribution in [0, 0.1) is 0 Å². The van der Waals surface area contributed by atoms with Crippen LogP contribution in [0.25, 0.3) is 21.7 Å². The van der Waals surface area contributed by atoms with Crippen molar-refractivity contribution in [1.82, 2.24) is 4.98 Å². The summed E-state index contributed by atoms with van der Waals surface area (Å²) in [6, 6.07) is 9.68. The van der Waals surface area contributed by atoms with Crippen molar-refractivity contribution in [3.63, 3.8) is 0 Å². The third kappa shape index (κ3) is 3.90. The second-order valence-electron chi connectivity index (χ2n) is 8.71. The van der Waals surface area contributed by atoms with Crippen molar-refractivity contribution in [1.29, 1.82) is 0 Å². The third-order valence-electron chi connectivity index (χ3n) is 6.67. The number of anilines is 2. The van der Waals surface area contributed by atoms with Crippen LogP contribution >= 0.6 is 11.6 Å². The van der Waals surface area contributed by atoms with Gasteiger partial charge < -0.3 is 29.8 Å². The lowest BCUT2D eigenvalue weighted by Crippen LogP contribution is -2.30. The van der Waals surface area contributed by atoms with Gasteiger partial charge in [-0.3, -0.25) is 4.79 Å². The molecule has 1 amide bonds. The molecule has 1 atom stereocenters. The Labute approximate surface area is 218 Å². The van der Waals surface area contributed by atoms with Gasteiger partial charge in [-0.2, -0.15) is 0 Å². The van der Waals surface area contributed by atoms with Crippen molar-refractivity contribution >= 4 is 60.6 Å². The first-order valence-electron chi connectivity index (χ1n) is 11.2. The fourth-order valence-corrected chi connectivity index (χ4v) is 5.79. The molecule has 0 radical (unpaired) electrons. The Balaban J connectivity index is 1.64. The number of hydrogen-bond donors (Lipinski definition) is 3. The van der Waals surface area contributed by atoms with Crippen molar-refractivity contribution in [2.45, 2.75) is 10.8 Å². The topological polar surface area (TPSA) is 150 Å². The highest BCUT2D eigenvalue weighted by atomic mass is 35.5. The molecular weight excluding hydrogens is 520 g/mol. The third-order valence-corrected chi connectivity index (χ3v) is 7.96. The number of ether oxygens (including phenoxy) is 3. The number of nitrogens with two attached hydrogens (primary N) is 2. The highest BCUT2D eigenvalue weighted by Crippen LogP contribution is 2.46. The van der Waals surface area contributed by atoms with E-state index in [0.717, 1.165) is 10.9 Å². The number of sulfonamides is 1. The Morgan fingerprint density at radius 3 is 2.43 bits per heavy atom. The lowest BCUT2D eigenvalue weighted by Gasteiger charge is -2.18. The fourth-order valence-electron chi connectivity index (χ4n) is 5.00. The maximum Gasteiger partial charge on any atom is 0.274 e. The van der Waals surface area contributed by atoms with E-state index in [1.165, 1.54) is 33.5 Å². The average molecular weight is 545 g/mol. The lowest BCUT2D eigenvalue weighted by atomic mass is 9.95. The van der Waals surface area contributed by atoms with Gasteiger partial charge >= 0.3 is 0 Å². The summed E-state index contributed by atoms with van der Waals surface area (Å²) in [7, 11) is 0.631. The number of aromatic amines is 1. The molecule has 12 heteroatoms. The number of nitrogen functional groups attached to an aromatic ring is 1. The molecule has 0 spiro atoms. The summed E-state index contributed by atoms with van der Waals surface area (Å²) in [5.41, 5.74) is 9.01. The molecule has 10 nitrogen and oxygen atoms in total. The summed E-state index contributed by atoms with van der Waals surface area (Å²) >= 11 is 6.33. The molecule has 1 aliphatic rings. The summed E-state index contributed by atoms with van der Waals surface area (Å²) < 4.78 is 40.2. The molecule has 4 aromatic rings. The second-order valence-corrected chi connectivity index (χ2v) is 10.6. The highest BCUT2D eigenvalue weighted by Gasteiger charge is 2.35. The maximum absolute atomic E-state index is 13.8. The Kier molecular flexibility index (Phi) is 6.09. The van der Waals surface area contributed by atoms with Gasteiger partial charge in [-0.15, -0.1) is 11.6 Å². The summed E-state index contributed by atoms with van der Waals surface area (Å²) in [6.45, 7) is 0.326. The Bertz CT molecular complexity index is 1680. The van der Waals surface area contributed by atoms with Crippen LogP contribution in [0.1, 0.15) is 22.0 Å². The molecule has 0 aliphatic carbocycles. The van der Waals surface area contributed by atoms with Gasteiger partial charge in [-0.05, 0) is 41.3 Å². The second kappa shape index (κ2) is 9.02. The summed E-state index contributed by atoms with van der Waals surface area (Å²) in [5, 5.41) is 7.27. The number of carbonyl (C=O) groups is 1. The van der Waals surface area contributed by atoms with Gasteiger partial charge in [0, 0.05) is 34.8 Å². The Morgan fingerprint density at radius 1 is 1.08 bits per heavy atom. The maximum atomic E-state index is 13.8. The molecule has 0 saturated carbocycles. The summed E-state index contributed by atoms with van der Waals surface area (Å²) in [5.74, 6) is 1.06. The predicted molar refractivity (Wildman–Crippen MR) is 143 cm³/mol. The van der Waals surface area contributed by atoms with E-state index in [2.05, 4.69) is 4.98 Å². The van der Waals surface area contributed by atoms with Crippen LogP contribution in [0.5, 0.6) is 17.2 Å². The number of nitrogens with zero attached hydrogens (tertiary/aromatic N) is 1. The summed E-state index contributed by atoms with van der Waals surface area (Å²) in [6.07, 6.45) is 0. The molecule has 1 aromatic heterocycles. The number of rotatable bonds is 6. The van der Waals surface area contributed by atoms with E-state index in [9.17, 15) is 13.2 Å². The van der Waals surface area contributed by atoms with E-state index in [1.807, 2.05) is 0 Å². The number of hydrogen-bond acceptors (Lipinski definition) is 7. The summed E-state index contributed by atoms with van der Waals surface area (Å²) in [4.78, 5) is 18.5. The number of nitrogens with one attached hydrogen (secondary N) is 1. The van der Waals surface area contributed by atoms with E-state index in [0.29, 0.717) is 57.2 Å². The zero-order valence-electron chi connectivity index (χ0n) is 20.3. The monoisotopic (exact) mass is 544 g/mol. The van der Waals surface area contributed by atoms with Crippen molar-refractivity contribution < 1.29 is 27.4 Å². The van der Waals surface area contributed by atoms with Gasteiger partial charge in [0.1, 0.15) is 5.69 Å². The number of H-pyrrole nitrogens is 1. The SMILES string of the molecule is COc1cc2cc(C(=O)N3CC(CCl)c4c3cc(N)c3cc(S(N)(=O)=O)ccc43)[nH]c2c(OC)c1OC. The Morgan fingerprint density at radius 2 is 1.81 bits per heavy atom. The molecule has 194 valence electrons. The van der Waals surface area contributed by atoms with E-state index < -0.39 is 10.0 Å². The van der Waals surface area contributed by atoms with Gasteiger partial charge in [-0.1, -0.05) is 6.07 Å². The highest BCUT2D eigenvalue weighted by molar-refractivity contribution is 7.89. The lowest BCUT2D eigenvalue weighted by molar-refractivity contribution is 0.0984. The Hall–Kier alpha value is -3.67. The molecule has 37 heavy (non-hydrogen) atoms. The van der Waals surface area contributed by atoms with Crippen LogP contribution in [-0.4, -0.2) is 53.1 Å². The number of halogens is 1. The smallest absolute Gasteiger partial charge is 0.274 e. The number of aromatic nitrogens is 1. The number of carbonyl (C=O) groups excluding carboxylic acids is 1. The molecule has 5 rings (SSSR count). The minimum atomic E-state index is -3.91. The molecule has 0 bridgehead atoms. The minimum absolute atomic E-state index is 0.0436.